The van der Waals surface area contributed by atoms with E-state index in [1.54, 1.807) is 0 Å². The van der Waals surface area contributed by atoms with Crippen LogP contribution >= 0.6 is 15.9 Å². The summed E-state index contributed by atoms with van der Waals surface area (Å²) in [7, 11) is 1.85. The molecular formula is C24H32BrN3O. The topological polar surface area (TPSA) is 37.4 Å². The molecule has 2 saturated carbocycles. The summed E-state index contributed by atoms with van der Waals surface area (Å²) < 4.78 is 6.70. The molecule has 1 aromatic heterocycles. The van der Waals surface area contributed by atoms with Crippen molar-refractivity contribution < 1.29 is 4.74 Å². The van der Waals surface area contributed by atoms with Crippen molar-refractivity contribution in [1.82, 2.24) is 9.88 Å². The highest BCUT2D eigenvalue weighted by atomic mass is 79.9. The zero-order chi connectivity index (χ0) is 19.8. The molecule has 5 heteroatoms. The van der Waals surface area contributed by atoms with Crippen molar-refractivity contribution in [2.45, 2.75) is 69.6 Å². The van der Waals surface area contributed by atoms with Crippen LogP contribution in [0.25, 0.3) is 10.9 Å². The van der Waals surface area contributed by atoms with Gasteiger partial charge in [0.15, 0.2) is 0 Å². The SMILES string of the molecule is COC1CCN(C2CCC(Nc3c(CC4CC4)cnc4ccc(Br)cc34)CC2)C1. The zero-order valence-corrected chi connectivity index (χ0v) is 19.0. The first kappa shape index (κ1) is 19.8. The van der Waals surface area contributed by atoms with E-state index in [9.17, 15) is 0 Å². The van der Waals surface area contributed by atoms with Gasteiger partial charge in [-0.15, -0.1) is 0 Å². The number of ether oxygens (including phenoxy) is 1. The number of aromatic nitrogens is 1. The second kappa shape index (κ2) is 8.52. The van der Waals surface area contributed by atoms with E-state index in [0.29, 0.717) is 12.1 Å². The Bertz CT molecular complexity index is 861. The molecule has 156 valence electrons. The van der Waals surface area contributed by atoms with Gasteiger partial charge in [-0.1, -0.05) is 15.9 Å². The summed E-state index contributed by atoms with van der Waals surface area (Å²) in [6.45, 7) is 2.32. The molecule has 29 heavy (non-hydrogen) atoms. The van der Waals surface area contributed by atoms with Gasteiger partial charge in [0.25, 0.3) is 0 Å². The van der Waals surface area contributed by atoms with E-state index < -0.39 is 0 Å². The summed E-state index contributed by atoms with van der Waals surface area (Å²) in [5, 5.41) is 5.25. The lowest BCUT2D eigenvalue weighted by atomic mass is 9.89. The summed E-state index contributed by atoms with van der Waals surface area (Å²) in [6, 6.07) is 7.76. The summed E-state index contributed by atoms with van der Waals surface area (Å²) in [5.74, 6) is 0.863. The molecule has 1 aliphatic heterocycles. The summed E-state index contributed by atoms with van der Waals surface area (Å²) in [5.41, 5.74) is 3.83. The van der Waals surface area contributed by atoms with Crippen LogP contribution in [0.3, 0.4) is 0 Å². The number of hydrogen-bond donors (Lipinski definition) is 1. The Labute approximate surface area is 182 Å². The predicted molar refractivity (Wildman–Crippen MR) is 123 cm³/mol. The van der Waals surface area contributed by atoms with Crippen LogP contribution in [0.5, 0.6) is 0 Å². The molecule has 2 aromatic rings. The molecule has 3 aliphatic rings. The van der Waals surface area contributed by atoms with Gasteiger partial charge in [-0.3, -0.25) is 9.88 Å². The maximum Gasteiger partial charge on any atom is 0.0723 e. The van der Waals surface area contributed by atoms with E-state index in [1.807, 2.05) is 7.11 Å². The molecule has 5 rings (SSSR count). The molecule has 2 aliphatic carbocycles. The van der Waals surface area contributed by atoms with E-state index in [2.05, 4.69) is 50.5 Å². The van der Waals surface area contributed by atoms with Crippen molar-refractivity contribution in [3.63, 3.8) is 0 Å². The fourth-order valence-electron chi connectivity index (χ4n) is 5.23. The van der Waals surface area contributed by atoms with Crippen molar-refractivity contribution in [1.29, 1.82) is 0 Å². The number of nitrogens with one attached hydrogen (secondary N) is 1. The monoisotopic (exact) mass is 457 g/mol. The third-order valence-electron chi connectivity index (χ3n) is 7.19. The standard InChI is InChI=1S/C24H32BrN3O/c1-29-21-10-11-28(15-21)20-7-5-19(6-8-20)27-24-17(12-16-2-3-16)14-26-23-9-4-18(25)13-22(23)24/h4,9,13-14,16,19-21H,2-3,5-8,10-12,15H2,1H3,(H,26,27). The molecule has 0 radical (unpaired) electrons. The zero-order valence-electron chi connectivity index (χ0n) is 17.4. The average Bonchev–Trinajstić information content (AvgIpc) is 3.43. The molecular weight excluding hydrogens is 426 g/mol. The number of hydrogen-bond acceptors (Lipinski definition) is 4. The third-order valence-corrected chi connectivity index (χ3v) is 7.68. The largest absolute Gasteiger partial charge is 0.381 e. The second-order valence-corrected chi connectivity index (χ2v) is 10.2. The maximum absolute atomic E-state index is 5.57. The van der Waals surface area contributed by atoms with Gasteiger partial charge in [0.2, 0.25) is 0 Å². The number of methoxy groups -OCH3 is 1. The third kappa shape index (κ3) is 4.47. The van der Waals surface area contributed by atoms with Crippen molar-refractivity contribution in [2.24, 2.45) is 5.92 Å². The summed E-state index contributed by atoms with van der Waals surface area (Å²) in [6.07, 6.45) is 12.8. The second-order valence-electron chi connectivity index (χ2n) is 9.26. The fraction of sp³-hybridized carbons (Fsp3) is 0.625. The van der Waals surface area contributed by atoms with Gasteiger partial charge in [-0.25, -0.2) is 0 Å². The summed E-state index contributed by atoms with van der Waals surface area (Å²) in [4.78, 5) is 7.43. The number of pyridine rings is 1. The molecule has 0 amide bonds. The Balaban J connectivity index is 1.30. The lowest BCUT2D eigenvalue weighted by Crippen LogP contribution is -2.39. The minimum atomic E-state index is 0.442. The first-order valence-corrected chi connectivity index (χ1v) is 12.1. The van der Waals surface area contributed by atoms with Gasteiger partial charge in [-0.05, 0) is 81.0 Å². The Hall–Kier alpha value is -1.17. The lowest BCUT2D eigenvalue weighted by molar-refractivity contribution is 0.0947. The van der Waals surface area contributed by atoms with E-state index >= 15 is 0 Å². The lowest BCUT2D eigenvalue weighted by Gasteiger charge is -2.35. The molecule has 2 heterocycles. The summed E-state index contributed by atoms with van der Waals surface area (Å²) >= 11 is 3.66. The molecule has 1 saturated heterocycles. The van der Waals surface area contributed by atoms with Crippen LogP contribution in [0, 0.1) is 5.92 Å². The van der Waals surface area contributed by atoms with E-state index in [1.165, 1.54) is 74.5 Å². The van der Waals surface area contributed by atoms with Crippen LogP contribution in [-0.2, 0) is 11.2 Å². The van der Waals surface area contributed by atoms with Crippen molar-refractivity contribution in [3.8, 4) is 0 Å². The predicted octanol–water partition coefficient (Wildman–Crippen LogP) is 5.39. The highest BCUT2D eigenvalue weighted by Gasteiger charge is 2.32. The quantitative estimate of drug-likeness (QED) is 0.630. The number of halogens is 1. The van der Waals surface area contributed by atoms with Crippen LogP contribution in [0.1, 0.15) is 50.5 Å². The van der Waals surface area contributed by atoms with Gasteiger partial charge in [0.1, 0.15) is 0 Å². The Morgan fingerprint density at radius 2 is 1.97 bits per heavy atom. The molecule has 1 unspecified atom stereocenters. The number of benzene rings is 1. The minimum Gasteiger partial charge on any atom is -0.381 e. The number of likely N-dealkylation sites (tertiary alicyclic amines) is 1. The smallest absolute Gasteiger partial charge is 0.0723 e. The first-order chi connectivity index (χ1) is 14.2. The fourth-order valence-corrected chi connectivity index (χ4v) is 5.59. The highest BCUT2D eigenvalue weighted by molar-refractivity contribution is 9.10. The van der Waals surface area contributed by atoms with E-state index in [-0.39, 0.29) is 0 Å². The van der Waals surface area contributed by atoms with E-state index in [4.69, 9.17) is 9.72 Å². The Kier molecular flexibility index (Phi) is 5.81. The van der Waals surface area contributed by atoms with Crippen LogP contribution in [0.4, 0.5) is 5.69 Å². The number of fused-ring (bicyclic) bond motifs is 1. The van der Waals surface area contributed by atoms with Gasteiger partial charge in [0, 0.05) is 54.0 Å². The Morgan fingerprint density at radius 1 is 1.14 bits per heavy atom. The molecule has 3 fully saturated rings. The normalized spacial score (nSPS) is 28.1. The number of anilines is 1. The van der Waals surface area contributed by atoms with Gasteiger partial charge in [-0.2, -0.15) is 0 Å². The van der Waals surface area contributed by atoms with Crippen molar-refractivity contribution in [3.05, 3.63) is 34.4 Å². The van der Waals surface area contributed by atoms with Crippen LogP contribution in [0.15, 0.2) is 28.9 Å². The van der Waals surface area contributed by atoms with Gasteiger partial charge < -0.3 is 10.1 Å². The van der Waals surface area contributed by atoms with Gasteiger partial charge in [0.05, 0.1) is 11.6 Å². The molecule has 0 bridgehead atoms. The average molecular weight is 458 g/mol. The molecule has 1 N–H and O–H groups in total. The van der Waals surface area contributed by atoms with Crippen LogP contribution in [-0.4, -0.2) is 48.3 Å². The van der Waals surface area contributed by atoms with E-state index in [0.717, 1.165) is 28.5 Å². The molecule has 1 aromatic carbocycles. The van der Waals surface area contributed by atoms with Crippen molar-refractivity contribution >= 4 is 32.5 Å². The Morgan fingerprint density at radius 3 is 2.69 bits per heavy atom. The first-order valence-electron chi connectivity index (χ1n) is 11.3. The number of rotatable bonds is 6. The maximum atomic E-state index is 5.57. The highest BCUT2D eigenvalue weighted by Crippen LogP contribution is 2.38. The van der Waals surface area contributed by atoms with Crippen LogP contribution in [0.2, 0.25) is 0 Å². The molecule has 4 nitrogen and oxygen atoms in total. The molecule has 0 spiro atoms. The minimum absolute atomic E-state index is 0.442. The molecule has 1 atom stereocenters. The van der Waals surface area contributed by atoms with Crippen LogP contribution < -0.4 is 5.32 Å². The number of nitrogens with zero attached hydrogens (tertiary/aromatic N) is 2. The van der Waals surface area contributed by atoms with Crippen molar-refractivity contribution in [2.75, 3.05) is 25.5 Å². The van der Waals surface area contributed by atoms with Gasteiger partial charge >= 0.3 is 0 Å².